The van der Waals surface area contributed by atoms with Gasteiger partial charge in [0.25, 0.3) is 0 Å². The van der Waals surface area contributed by atoms with Crippen molar-refractivity contribution in [1.82, 2.24) is 0 Å². The lowest BCUT2D eigenvalue weighted by Crippen LogP contribution is -2.28. The van der Waals surface area contributed by atoms with Crippen molar-refractivity contribution in [2.45, 2.75) is 66.9 Å². The van der Waals surface area contributed by atoms with Gasteiger partial charge in [0.1, 0.15) is 0 Å². The van der Waals surface area contributed by atoms with E-state index < -0.39 is 0 Å². The quantitative estimate of drug-likeness (QED) is 0.583. The molecular formula is C14H28O. The molecule has 0 spiro atoms. The van der Waals surface area contributed by atoms with E-state index >= 15 is 0 Å². The van der Waals surface area contributed by atoms with Gasteiger partial charge in [-0.05, 0) is 36.0 Å². The second-order valence-corrected chi connectivity index (χ2v) is 7.15. The summed E-state index contributed by atoms with van der Waals surface area (Å²) in [5, 5.41) is 0. The van der Waals surface area contributed by atoms with E-state index in [0.29, 0.717) is 16.9 Å². The zero-order chi connectivity index (χ0) is 11.7. The fourth-order valence-corrected chi connectivity index (χ4v) is 2.48. The van der Waals surface area contributed by atoms with E-state index in [1.165, 1.54) is 19.3 Å². The summed E-state index contributed by atoms with van der Waals surface area (Å²) in [5.74, 6) is 0.824. The molecule has 0 amide bonds. The molecule has 2 unspecified atom stereocenters. The molecule has 1 aliphatic rings. The van der Waals surface area contributed by atoms with Crippen LogP contribution in [0, 0.1) is 16.7 Å². The third-order valence-electron chi connectivity index (χ3n) is 3.75. The molecule has 1 heterocycles. The topological polar surface area (TPSA) is 9.23 Å². The smallest absolute Gasteiger partial charge is 0.0623 e. The molecule has 1 fully saturated rings. The van der Waals surface area contributed by atoms with Crippen molar-refractivity contribution in [1.29, 1.82) is 0 Å². The Morgan fingerprint density at radius 3 is 1.87 bits per heavy atom. The summed E-state index contributed by atoms with van der Waals surface area (Å²) >= 11 is 0. The highest BCUT2D eigenvalue weighted by molar-refractivity contribution is 4.82. The maximum Gasteiger partial charge on any atom is 0.0623 e. The first-order valence-corrected chi connectivity index (χ1v) is 6.33. The van der Waals surface area contributed by atoms with E-state index in [2.05, 4.69) is 41.5 Å². The van der Waals surface area contributed by atoms with Gasteiger partial charge < -0.3 is 4.74 Å². The molecular weight excluding hydrogens is 184 g/mol. The van der Waals surface area contributed by atoms with Crippen molar-refractivity contribution >= 4 is 0 Å². The minimum atomic E-state index is 0.298. The first-order chi connectivity index (χ1) is 6.71. The lowest BCUT2D eigenvalue weighted by atomic mass is 9.75. The predicted octanol–water partition coefficient (Wildman–Crippen LogP) is 4.26. The van der Waals surface area contributed by atoms with Gasteiger partial charge in [-0.1, -0.05) is 41.5 Å². The average Bonchev–Trinajstić information content (AvgIpc) is 2.24. The van der Waals surface area contributed by atoms with Gasteiger partial charge in [0.2, 0.25) is 0 Å². The van der Waals surface area contributed by atoms with Crippen molar-refractivity contribution in [2.24, 2.45) is 16.7 Å². The number of hydrogen-bond acceptors (Lipinski definition) is 1. The standard InChI is InChI=1S/C14H28O/c1-13(2,3)11-7-8-12(14(4,5)6)15-10-9-11/h11-12H,7-10H2,1-6H3. The number of hydrogen-bond donors (Lipinski definition) is 0. The molecule has 0 aromatic rings. The Balaban J connectivity index is 2.57. The lowest BCUT2D eigenvalue weighted by molar-refractivity contribution is -0.0143. The van der Waals surface area contributed by atoms with Gasteiger partial charge in [-0.25, -0.2) is 0 Å². The van der Waals surface area contributed by atoms with Gasteiger partial charge in [-0.2, -0.15) is 0 Å². The fourth-order valence-electron chi connectivity index (χ4n) is 2.48. The van der Waals surface area contributed by atoms with Crippen LogP contribution in [0.4, 0.5) is 0 Å². The maximum atomic E-state index is 5.99. The molecule has 2 atom stereocenters. The van der Waals surface area contributed by atoms with E-state index in [9.17, 15) is 0 Å². The Morgan fingerprint density at radius 1 is 0.800 bits per heavy atom. The predicted molar refractivity (Wildman–Crippen MR) is 66.0 cm³/mol. The second-order valence-electron chi connectivity index (χ2n) is 7.15. The van der Waals surface area contributed by atoms with E-state index in [4.69, 9.17) is 4.74 Å². The van der Waals surface area contributed by atoms with Crippen molar-refractivity contribution in [3.05, 3.63) is 0 Å². The summed E-state index contributed by atoms with van der Waals surface area (Å²) < 4.78 is 5.99. The Hall–Kier alpha value is -0.0400. The zero-order valence-corrected chi connectivity index (χ0v) is 11.4. The van der Waals surface area contributed by atoms with Gasteiger partial charge in [0, 0.05) is 6.61 Å². The van der Waals surface area contributed by atoms with Crippen LogP contribution in [0.25, 0.3) is 0 Å². The SMILES string of the molecule is CC(C)(C)C1CCOC(C(C)(C)C)CC1. The highest BCUT2D eigenvalue weighted by Crippen LogP contribution is 2.38. The Labute approximate surface area is 95.6 Å². The molecule has 15 heavy (non-hydrogen) atoms. The molecule has 0 radical (unpaired) electrons. The summed E-state index contributed by atoms with van der Waals surface area (Å²) in [6.07, 6.45) is 4.23. The normalized spacial score (nSPS) is 30.0. The molecule has 0 aromatic heterocycles. The fraction of sp³-hybridized carbons (Fsp3) is 1.00. The summed E-state index contributed by atoms with van der Waals surface area (Å²) in [5.41, 5.74) is 0.739. The summed E-state index contributed by atoms with van der Waals surface area (Å²) in [7, 11) is 0. The third kappa shape index (κ3) is 3.79. The summed E-state index contributed by atoms with van der Waals surface area (Å²) in [4.78, 5) is 0. The molecule has 1 aliphatic heterocycles. The van der Waals surface area contributed by atoms with Crippen molar-refractivity contribution < 1.29 is 4.74 Å². The van der Waals surface area contributed by atoms with Gasteiger partial charge >= 0.3 is 0 Å². The first kappa shape index (κ1) is 13.0. The van der Waals surface area contributed by atoms with Crippen LogP contribution in [0.2, 0.25) is 0 Å². The van der Waals surface area contributed by atoms with Crippen LogP contribution >= 0.6 is 0 Å². The molecule has 0 aromatic carbocycles. The minimum absolute atomic E-state index is 0.298. The van der Waals surface area contributed by atoms with Crippen LogP contribution in [0.5, 0.6) is 0 Å². The monoisotopic (exact) mass is 212 g/mol. The Kier molecular flexibility index (Phi) is 3.86. The minimum Gasteiger partial charge on any atom is -0.378 e. The molecule has 0 N–H and O–H groups in total. The Bertz CT molecular complexity index is 172. The lowest BCUT2D eigenvalue weighted by Gasteiger charge is -2.31. The highest BCUT2D eigenvalue weighted by Gasteiger charge is 2.32. The second kappa shape index (κ2) is 4.45. The van der Waals surface area contributed by atoms with Gasteiger partial charge in [-0.3, -0.25) is 0 Å². The molecule has 1 heteroatoms. The van der Waals surface area contributed by atoms with Crippen molar-refractivity contribution in [3.63, 3.8) is 0 Å². The molecule has 1 rings (SSSR count). The van der Waals surface area contributed by atoms with Crippen LogP contribution in [0.1, 0.15) is 60.8 Å². The van der Waals surface area contributed by atoms with Gasteiger partial charge in [0.05, 0.1) is 6.10 Å². The molecule has 1 nitrogen and oxygen atoms in total. The van der Waals surface area contributed by atoms with Gasteiger partial charge in [0.15, 0.2) is 0 Å². The average molecular weight is 212 g/mol. The Morgan fingerprint density at radius 2 is 1.40 bits per heavy atom. The van der Waals surface area contributed by atoms with Crippen molar-refractivity contribution in [2.75, 3.05) is 6.61 Å². The van der Waals surface area contributed by atoms with Crippen LogP contribution in [-0.4, -0.2) is 12.7 Å². The first-order valence-electron chi connectivity index (χ1n) is 6.33. The third-order valence-corrected chi connectivity index (χ3v) is 3.75. The molecule has 0 bridgehead atoms. The highest BCUT2D eigenvalue weighted by atomic mass is 16.5. The van der Waals surface area contributed by atoms with Crippen LogP contribution < -0.4 is 0 Å². The molecule has 0 aliphatic carbocycles. The number of ether oxygens (including phenoxy) is 1. The van der Waals surface area contributed by atoms with Crippen LogP contribution in [0.15, 0.2) is 0 Å². The van der Waals surface area contributed by atoms with Gasteiger partial charge in [-0.15, -0.1) is 0 Å². The van der Waals surface area contributed by atoms with E-state index in [1.807, 2.05) is 0 Å². The summed E-state index contributed by atoms with van der Waals surface area (Å²) in [6, 6.07) is 0. The zero-order valence-electron chi connectivity index (χ0n) is 11.4. The van der Waals surface area contributed by atoms with E-state index in [0.717, 1.165) is 12.5 Å². The maximum absolute atomic E-state index is 5.99. The van der Waals surface area contributed by atoms with E-state index in [-0.39, 0.29) is 0 Å². The van der Waals surface area contributed by atoms with E-state index in [1.54, 1.807) is 0 Å². The number of rotatable bonds is 0. The molecule has 0 saturated carbocycles. The molecule has 90 valence electrons. The summed E-state index contributed by atoms with van der Waals surface area (Å²) in [6.45, 7) is 14.9. The van der Waals surface area contributed by atoms with Crippen molar-refractivity contribution in [3.8, 4) is 0 Å². The molecule has 1 saturated heterocycles. The largest absolute Gasteiger partial charge is 0.378 e. The van der Waals surface area contributed by atoms with Crippen LogP contribution in [0.3, 0.4) is 0 Å². The van der Waals surface area contributed by atoms with Crippen LogP contribution in [-0.2, 0) is 4.74 Å².